The summed E-state index contributed by atoms with van der Waals surface area (Å²) in [6.45, 7) is 1.26. The van der Waals surface area contributed by atoms with Crippen LogP contribution in [0.15, 0.2) is 42.5 Å². The first-order valence-electron chi connectivity index (χ1n) is 8.89. The summed E-state index contributed by atoms with van der Waals surface area (Å²) in [4.78, 5) is 38.8. The average molecular weight is 397 g/mol. The van der Waals surface area contributed by atoms with Crippen LogP contribution in [0.25, 0.3) is 0 Å². The third kappa shape index (κ3) is 3.20. The van der Waals surface area contributed by atoms with E-state index < -0.39 is 29.9 Å². The molecular formula is C20H19N3O6. The van der Waals surface area contributed by atoms with Gasteiger partial charge in [0.15, 0.2) is 11.5 Å². The molecule has 0 saturated carbocycles. The number of amides is 4. The van der Waals surface area contributed by atoms with Gasteiger partial charge < -0.3 is 24.8 Å². The van der Waals surface area contributed by atoms with Crippen molar-refractivity contribution in [2.45, 2.75) is 12.5 Å². The van der Waals surface area contributed by atoms with Crippen LogP contribution in [0, 0.1) is 0 Å². The molecule has 29 heavy (non-hydrogen) atoms. The van der Waals surface area contributed by atoms with Gasteiger partial charge in [0.1, 0.15) is 17.8 Å². The topological polar surface area (TPSA) is 106 Å². The minimum Gasteiger partial charge on any atom is -0.495 e. The van der Waals surface area contributed by atoms with Gasteiger partial charge in [-0.15, -0.1) is 0 Å². The SMILES string of the molecule is COc1ccccc1NC(=O)CN1C(=O)NC(C)(c2ccc3c(c2)OCO3)C1=O. The van der Waals surface area contributed by atoms with Crippen LogP contribution in [-0.2, 0) is 15.1 Å². The van der Waals surface area contributed by atoms with Crippen molar-refractivity contribution in [2.75, 3.05) is 25.8 Å². The highest BCUT2D eigenvalue weighted by Gasteiger charge is 2.49. The lowest BCUT2D eigenvalue weighted by atomic mass is 9.91. The van der Waals surface area contributed by atoms with Gasteiger partial charge in [-0.05, 0) is 36.8 Å². The van der Waals surface area contributed by atoms with Crippen LogP contribution >= 0.6 is 0 Å². The predicted molar refractivity (Wildman–Crippen MR) is 102 cm³/mol. The Kier molecular flexibility index (Phi) is 4.50. The number of carbonyl (C=O) groups is 3. The maximum absolute atomic E-state index is 13.0. The van der Waals surface area contributed by atoms with E-state index in [1.54, 1.807) is 49.4 Å². The first-order valence-corrected chi connectivity index (χ1v) is 8.89. The number of urea groups is 1. The van der Waals surface area contributed by atoms with E-state index in [-0.39, 0.29) is 6.79 Å². The summed E-state index contributed by atoms with van der Waals surface area (Å²) in [5, 5.41) is 5.32. The fraction of sp³-hybridized carbons (Fsp3) is 0.250. The monoisotopic (exact) mass is 397 g/mol. The Hall–Kier alpha value is -3.75. The molecule has 2 aliphatic rings. The zero-order chi connectivity index (χ0) is 20.6. The number of benzene rings is 2. The van der Waals surface area contributed by atoms with Crippen molar-refractivity contribution >= 4 is 23.5 Å². The van der Waals surface area contributed by atoms with E-state index >= 15 is 0 Å². The molecule has 0 radical (unpaired) electrons. The highest BCUT2D eigenvalue weighted by Crippen LogP contribution is 2.37. The Bertz CT molecular complexity index is 1010. The van der Waals surface area contributed by atoms with Crippen molar-refractivity contribution < 1.29 is 28.6 Å². The second-order valence-corrected chi connectivity index (χ2v) is 6.76. The number of rotatable bonds is 5. The first-order chi connectivity index (χ1) is 13.9. The van der Waals surface area contributed by atoms with E-state index in [0.717, 1.165) is 4.90 Å². The van der Waals surface area contributed by atoms with Crippen LogP contribution < -0.4 is 24.8 Å². The van der Waals surface area contributed by atoms with Crippen LogP contribution in [0.4, 0.5) is 10.5 Å². The van der Waals surface area contributed by atoms with Gasteiger partial charge in [0.25, 0.3) is 5.91 Å². The zero-order valence-corrected chi connectivity index (χ0v) is 15.9. The van der Waals surface area contributed by atoms with Crippen molar-refractivity contribution in [3.63, 3.8) is 0 Å². The molecule has 0 bridgehead atoms. The molecule has 150 valence electrons. The smallest absolute Gasteiger partial charge is 0.325 e. The predicted octanol–water partition coefficient (Wildman–Crippen LogP) is 1.83. The molecule has 4 amide bonds. The fourth-order valence-corrected chi connectivity index (χ4v) is 3.33. The van der Waals surface area contributed by atoms with Crippen LogP contribution in [-0.4, -0.2) is 43.2 Å². The number of hydrogen-bond donors (Lipinski definition) is 2. The summed E-state index contributed by atoms with van der Waals surface area (Å²) < 4.78 is 15.8. The first kappa shape index (κ1) is 18.6. The quantitative estimate of drug-likeness (QED) is 0.746. The summed E-state index contributed by atoms with van der Waals surface area (Å²) in [7, 11) is 1.49. The van der Waals surface area contributed by atoms with Crippen molar-refractivity contribution in [3.8, 4) is 17.2 Å². The molecule has 1 atom stereocenters. The summed E-state index contributed by atoms with van der Waals surface area (Å²) in [5.41, 5.74) is -0.332. The normalized spacial score (nSPS) is 19.9. The molecule has 0 aromatic heterocycles. The molecule has 2 heterocycles. The van der Waals surface area contributed by atoms with Crippen molar-refractivity contribution in [2.24, 2.45) is 0 Å². The molecule has 9 heteroatoms. The van der Waals surface area contributed by atoms with Gasteiger partial charge >= 0.3 is 6.03 Å². The number of anilines is 1. The summed E-state index contributed by atoms with van der Waals surface area (Å²) in [6.07, 6.45) is 0. The molecule has 9 nitrogen and oxygen atoms in total. The number of fused-ring (bicyclic) bond motifs is 1. The molecule has 1 unspecified atom stereocenters. The molecule has 1 fully saturated rings. The molecule has 2 aromatic rings. The summed E-state index contributed by atoms with van der Waals surface area (Å²) in [5.74, 6) is 0.494. The number of hydrogen-bond acceptors (Lipinski definition) is 6. The molecule has 0 aliphatic carbocycles. The fourth-order valence-electron chi connectivity index (χ4n) is 3.33. The highest BCUT2D eigenvalue weighted by molar-refractivity contribution is 6.10. The Morgan fingerprint density at radius 2 is 1.97 bits per heavy atom. The minimum absolute atomic E-state index is 0.102. The van der Waals surface area contributed by atoms with Gasteiger partial charge in [-0.2, -0.15) is 0 Å². The van der Waals surface area contributed by atoms with Gasteiger partial charge in [-0.25, -0.2) is 4.79 Å². The molecular weight excluding hydrogens is 378 g/mol. The molecule has 0 spiro atoms. The maximum atomic E-state index is 13.0. The number of nitrogens with zero attached hydrogens (tertiary/aromatic N) is 1. The third-order valence-electron chi connectivity index (χ3n) is 4.91. The Labute approximate surface area is 166 Å². The van der Waals surface area contributed by atoms with Crippen molar-refractivity contribution in [1.29, 1.82) is 0 Å². The highest BCUT2D eigenvalue weighted by atomic mass is 16.7. The number of imide groups is 1. The second kappa shape index (κ2) is 7.01. The zero-order valence-electron chi connectivity index (χ0n) is 15.9. The Balaban J connectivity index is 1.51. The van der Waals surface area contributed by atoms with Crippen LogP contribution in [0.1, 0.15) is 12.5 Å². The largest absolute Gasteiger partial charge is 0.495 e. The van der Waals surface area contributed by atoms with Gasteiger partial charge in [0, 0.05) is 0 Å². The van der Waals surface area contributed by atoms with E-state index in [4.69, 9.17) is 14.2 Å². The van der Waals surface area contributed by atoms with Gasteiger partial charge in [0.05, 0.1) is 12.8 Å². The summed E-state index contributed by atoms with van der Waals surface area (Å²) >= 11 is 0. The molecule has 2 aliphatic heterocycles. The third-order valence-corrected chi connectivity index (χ3v) is 4.91. The van der Waals surface area contributed by atoms with Crippen LogP contribution in [0.2, 0.25) is 0 Å². The van der Waals surface area contributed by atoms with Gasteiger partial charge in [-0.3, -0.25) is 14.5 Å². The van der Waals surface area contributed by atoms with Crippen LogP contribution in [0.3, 0.4) is 0 Å². The Morgan fingerprint density at radius 3 is 2.76 bits per heavy atom. The van der Waals surface area contributed by atoms with Gasteiger partial charge in [0.2, 0.25) is 12.7 Å². The minimum atomic E-state index is -1.32. The number of nitrogens with one attached hydrogen (secondary N) is 2. The summed E-state index contributed by atoms with van der Waals surface area (Å²) in [6, 6.07) is 11.2. The molecule has 2 aromatic carbocycles. The van der Waals surface area contributed by atoms with E-state index in [0.29, 0.717) is 28.5 Å². The lowest BCUT2D eigenvalue weighted by Gasteiger charge is -2.22. The number of para-hydroxylation sites is 2. The van der Waals surface area contributed by atoms with E-state index in [9.17, 15) is 14.4 Å². The lowest BCUT2D eigenvalue weighted by Crippen LogP contribution is -2.42. The van der Waals surface area contributed by atoms with Crippen molar-refractivity contribution in [3.05, 3.63) is 48.0 Å². The van der Waals surface area contributed by atoms with E-state index in [1.807, 2.05) is 0 Å². The lowest BCUT2D eigenvalue weighted by molar-refractivity contribution is -0.133. The second-order valence-electron chi connectivity index (χ2n) is 6.76. The Morgan fingerprint density at radius 1 is 1.21 bits per heavy atom. The number of carbonyl (C=O) groups excluding carboxylic acids is 3. The van der Waals surface area contributed by atoms with Crippen molar-refractivity contribution in [1.82, 2.24) is 10.2 Å². The van der Waals surface area contributed by atoms with Gasteiger partial charge in [-0.1, -0.05) is 18.2 Å². The standard InChI is InChI=1S/C20H19N3O6/c1-20(12-7-8-15-16(9-12)29-11-28-15)18(25)23(19(26)22-20)10-17(24)21-13-5-3-4-6-14(13)27-2/h3-9H,10-11H2,1-2H3,(H,21,24)(H,22,26). The van der Waals surface area contributed by atoms with Crippen LogP contribution in [0.5, 0.6) is 17.2 Å². The van der Waals surface area contributed by atoms with E-state index in [2.05, 4.69) is 10.6 Å². The number of methoxy groups -OCH3 is 1. The maximum Gasteiger partial charge on any atom is 0.325 e. The molecule has 2 N–H and O–H groups in total. The molecule has 1 saturated heterocycles. The van der Waals surface area contributed by atoms with E-state index in [1.165, 1.54) is 7.11 Å². The number of ether oxygens (including phenoxy) is 3. The molecule has 4 rings (SSSR count). The average Bonchev–Trinajstić information content (AvgIpc) is 3.27.